The van der Waals surface area contributed by atoms with Crippen molar-refractivity contribution in [2.24, 2.45) is 0 Å². The summed E-state index contributed by atoms with van der Waals surface area (Å²) < 4.78 is 5.23. The van der Waals surface area contributed by atoms with Crippen LogP contribution in [0.4, 0.5) is 0 Å². The highest BCUT2D eigenvalue weighted by Gasteiger charge is 2.08. The number of hydrogen-bond donors (Lipinski definition) is 1. The van der Waals surface area contributed by atoms with E-state index in [0.29, 0.717) is 0 Å². The number of benzene rings is 2. The van der Waals surface area contributed by atoms with E-state index in [1.165, 1.54) is 18.1 Å². The van der Waals surface area contributed by atoms with E-state index < -0.39 is 0 Å². The van der Waals surface area contributed by atoms with E-state index in [2.05, 4.69) is 42.6 Å². The molecule has 1 unspecified atom stereocenters. The van der Waals surface area contributed by atoms with Crippen LogP contribution in [-0.4, -0.2) is 13.0 Å². The van der Waals surface area contributed by atoms with E-state index in [1.54, 1.807) is 7.11 Å². The van der Waals surface area contributed by atoms with Gasteiger partial charge in [0, 0.05) is 6.92 Å². The van der Waals surface area contributed by atoms with Crippen LogP contribution in [0.15, 0.2) is 42.5 Å². The predicted molar refractivity (Wildman–Crippen MR) is 85.4 cm³/mol. The zero-order valence-corrected chi connectivity index (χ0v) is 12.9. The minimum absolute atomic E-state index is 0.0161. The highest BCUT2D eigenvalue weighted by molar-refractivity contribution is 5.73. The SMILES string of the molecule is COc1ccc(-c2ccc(C(C)NC(C)=O)cc2)c(C)c1. The van der Waals surface area contributed by atoms with Crippen molar-refractivity contribution < 1.29 is 9.53 Å². The number of carbonyl (C=O) groups excluding carboxylic acids is 1. The molecule has 21 heavy (non-hydrogen) atoms. The number of rotatable bonds is 4. The van der Waals surface area contributed by atoms with E-state index in [-0.39, 0.29) is 11.9 Å². The minimum Gasteiger partial charge on any atom is -0.497 e. The molecule has 0 radical (unpaired) electrons. The van der Waals surface area contributed by atoms with Crippen molar-refractivity contribution in [3.05, 3.63) is 53.6 Å². The van der Waals surface area contributed by atoms with Crippen molar-refractivity contribution in [3.8, 4) is 16.9 Å². The maximum Gasteiger partial charge on any atom is 0.217 e. The van der Waals surface area contributed by atoms with E-state index in [9.17, 15) is 4.79 Å². The van der Waals surface area contributed by atoms with Crippen molar-refractivity contribution in [1.82, 2.24) is 5.32 Å². The first-order valence-electron chi connectivity index (χ1n) is 7.03. The largest absolute Gasteiger partial charge is 0.497 e. The maximum atomic E-state index is 11.1. The molecular formula is C18H21NO2. The maximum absolute atomic E-state index is 11.1. The molecule has 1 N–H and O–H groups in total. The van der Waals surface area contributed by atoms with Crippen LogP contribution in [0.2, 0.25) is 0 Å². The number of hydrogen-bond acceptors (Lipinski definition) is 2. The number of nitrogens with one attached hydrogen (secondary N) is 1. The van der Waals surface area contributed by atoms with Gasteiger partial charge < -0.3 is 10.1 Å². The van der Waals surface area contributed by atoms with Gasteiger partial charge in [-0.2, -0.15) is 0 Å². The Balaban J connectivity index is 2.24. The summed E-state index contributed by atoms with van der Waals surface area (Å²) in [6.45, 7) is 5.59. The molecule has 1 amide bonds. The first kappa shape index (κ1) is 15.1. The Labute approximate surface area is 126 Å². The standard InChI is InChI=1S/C18H21NO2/c1-12-11-17(21-4)9-10-18(12)16-7-5-15(6-8-16)13(2)19-14(3)20/h5-11,13H,1-4H3,(H,19,20). The summed E-state index contributed by atoms with van der Waals surface area (Å²) in [4.78, 5) is 11.1. The topological polar surface area (TPSA) is 38.3 Å². The Bertz CT molecular complexity index is 632. The first-order valence-corrected chi connectivity index (χ1v) is 7.03. The van der Waals surface area contributed by atoms with Crippen LogP contribution >= 0.6 is 0 Å². The molecule has 3 heteroatoms. The number of aryl methyl sites for hydroxylation is 1. The van der Waals surface area contributed by atoms with Gasteiger partial charge in [-0.15, -0.1) is 0 Å². The zero-order chi connectivity index (χ0) is 15.4. The summed E-state index contributed by atoms with van der Waals surface area (Å²) in [6, 6.07) is 14.4. The molecule has 3 nitrogen and oxygen atoms in total. The molecule has 0 saturated carbocycles. The monoisotopic (exact) mass is 283 g/mol. The van der Waals surface area contributed by atoms with Crippen LogP contribution in [0.1, 0.15) is 31.0 Å². The van der Waals surface area contributed by atoms with E-state index in [0.717, 1.165) is 16.9 Å². The van der Waals surface area contributed by atoms with Gasteiger partial charge in [0.2, 0.25) is 5.91 Å². The smallest absolute Gasteiger partial charge is 0.217 e. The third-order valence-electron chi connectivity index (χ3n) is 3.58. The van der Waals surface area contributed by atoms with Crippen LogP contribution in [0.3, 0.4) is 0 Å². The van der Waals surface area contributed by atoms with Crippen LogP contribution in [0.5, 0.6) is 5.75 Å². The highest BCUT2D eigenvalue weighted by atomic mass is 16.5. The minimum atomic E-state index is -0.0161. The number of carbonyl (C=O) groups is 1. The number of ether oxygens (including phenoxy) is 1. The Hall–Kier alpha value is -2.29. The molecule has 2 aromatic carbocycles. The lowest BCUT2D eigenvalue weighted by molar-refractivity contribution is -0.119. The summed E-state index contributed by atoms with van der Waals surface area (Å²) in [6.07, 6.45) is 0. The Kier molecular flexibility index (Phi) is 4.63. The second kappa shape index (κ2) is 6.44. The molecule has 0 saturated heterocycles. The van der Waals surface area contributed by atoms with Crippen LogP contribution in [0.25, 0.3) is 11.1 Å². The molecule has 0 aromatic heterocycles. The molecule has 1 atom stereocenters. The quantitative estimate of drug-likeness (QED) is 0.925. The van der Waals surface area contributed by atoms with Gasteiger partial charge >= 0.3 is 0 Å². The van der Waals surface area contributed by atoms with Gasteiger partial charge in [-0.25, -0.2) is 0 Å². The summed E-state index contributed by atoms with van der Waals surface area (Å²) in [5.74, 6) is 0.852. The lowest BCUT2D eigenvalue weighted by atomic mass is 9.98. The third kappa shape index (κ3) is 3.63. The van der Waals surface area contributed by atoms with Crippen molar-refractivity contribution in [1.29, 1.82) is 0 Å². The molecule has 0 spiro atoms. The van der Waals surface area contributed by atoms with Gasteiger partial charge in [0.25, 0.3) is 0 Å². The van der Waals surface area contributed by atoms with E-state index in [4.69, 9.17) is 4.74 Å². The van der Waals surface area contributed by atoms with Gasteiger partial charge in [0.15, 0.2) is 0 Å². The second-order valence-corrected chi connectivity index (χ2v) is 5.23. The number of amides is 1. The van der Waals surface area contributed by atoms with Crippen molar-refractivity contribution in [2.45, 2.75) is 26.8 Å². The summed E-state index contributed by atoms with van der Waals surface area (Å²) in [5, 5.41) is 2.89. The van der Waals surface area contributed by atoms with Crippen molar-refractivity contribution in [2.75, 3.05) is 7.11 Å². The number of methoxy groups -OCH3 is 1. The van der Waals surface area contributed by atoms with Crippen LogP contribution < -0.4 is 10.1 Å². The highest BCUT2D eigenvalue weighted by Crippen LogP contribution is 2.27. The Morgan fingerprint density at radius 2 is 1.81 bits per heavy atom. The fraction of sp³-hybridized carbons (Fsp3) is 0.278. The molecule has 0 aliphatic carbocycles. The molecular weight excluding hydrogens is 262 g/mol. The normalized spacial score (nSPS) is 11.8. The molecule has 0 fully saturated rings. The lowest BCUT2D eigenvalue weighted by Crippen LogP contribution is -2.23. The van der Waals surface area contributed by atoms with Crippen LogP contribution in [0, 0.1) is 6.92 Å². The van der Waals surface area contributed by atoms with Gasteiger partial charge in [0.1, 0.15) is 5.75 Å². The summed E-state index contributed by atoms with van der Waals surface area (Å²) >= 11 is 0. The van der Waals surface area contributed by atoms with Gasteiger partial charge in [-0.1, -0.05) is 30.3 Å². The zero-order valence-electron chi connectivity index (χ0n) is 12.9. The summed E-state index contributed by atoms with van der Waals surface area (Å²) in [5.41, 5.74) is 4.63. The Morgan fingerprint density at radius 1 is 1.14 bits per heavy atom. The molecule has 0 aliphatic rings. The molecule has 0 bridgehead atoms. The lowest BCUT2D eigenvalue weighted by Gasteiger charge is -2.14. The second-order valence-electron chi connectivity index (χ2n) is 5.23. The van der Waals surface area contributed by atoms with E-state index >= 15 is 0 Å². The summed E-state index contributed by atoms with van der Waals surface area (Å²) in [7, 11) is 1.67. The molecule has 2 aromatic rings. The molecule has 2 rings (SSSR count). The van der Waals surface area contributed by atoms with Crippen molar-refractivity contribution >= 4 is 5.91 Å². The third-order valence-corrected chi connectivity index (χ3v) is 3.58. The average molecular weight is 283 g/mol. The van der Waals surface area contributed by atoms with Gasteiger partial charge in [0.05, 0.1) is 13.2 Å². The molecule has 110 valence electrons. The first-order chi connectivity index (χ1) is 10.0. The van der Waals surface area contributed by atoms with E-state index in [1.807, 2.05) is 19.1 Å². The Morgan fingerprint density at radius 3 is 2.33 bits per heavy atom. The fourth-order valence-corrected chi connectivity index (χ4v) is 2.43. The van der Waals surface area contributed by atoms with Crippen molar-refractivity contribution in [3.63, 3.8) is 0 Å². The molecule has 0 aliphatic heterocycles. The van der Waals surface area contributed by atoms with Gasteiger partial charge in [-0.3, -0.25) is 4.79 Å². The van der Waals surface area contributed by atoms with Crippen LogP contribution in [-0.2, 0) is 4.79 Å². The molecule has 0 heterocycles. The average Bonchev–Trinajstić information content (AvgIpc) is 2.46. The predicted octanol–water partition coefficient (Wildman–Crippen LogP) is 3.87. The van der Waals surface area contributed by atoms with Gasteiger partial charge in [-0.05, 0) is 48.2 Å². The fourth-order valence-electron chi connectivity index (χ4n) is 2.43.